The molecule has 0 aliphatic carbocycles. The quantitative estimate of drug-likeness (QED) is 0.760. The van der Waals surface area contributed by atoms with E-state index in [9.17, 15) is 0 Å². The molecule has 0 atom stereocenters. The summed E-state index contributed by atoms with van der Waals surface area (Å²) in [4.78, 5) is 2.24. The van der Waals surface area contributed by atoms with Crippen LogP contribution in [0.2, 0.25) is 0 Å². The van der Waals surface area contributed by atoms with Gasteiger partial charge in [-0.25, -0.2) is 0 Å². The minimum Gasteiger partial charge on any atom is -0.395 e. The van der Waals surface area contributed by atoms with E-state index < -0.39 is 0 Å². The summed E-state index contributed by atoms with van der Waals surface area (Å²) in [5, 5.41) is 3.63. The predicted molar refractivity (Wildman–Crippen MR) is 52.4 cm³/mol. The van der Waals surface area contributed by atoms with E-state index in [2.05, 4.69) is 31.0 Å². The molecule has 4 nitrogen and oxygen atoms in total. The minimum atomic E-state index is 0.546. The van der Waals surface area contributed by atoms with Crippen LogP contribution in [-0.2, 0) is 6.42 Å². The first-order valence-electron chi connectivity index (χ1n) is 4.50. The van der Waals surface area contributed by atoms with Crippen molar-refractivity contribution in [2.75, 3.05) is 19.3 Å². The minimum absolute atomic E-state index is 0.546. The van der Waals surface area contributed by atoms with Gasteiger partial charge >= 0.3 is 0 Å². The molecule has 0 radical (unpaired) electrons. The molecule has 4 heteroatoms. The molecule has 0 saturated heterocycles. The lowest BCUT2D eigenvalue weighted by molar-refractivity contribution is 0.265. The number of nitrogens with zero attached hydrogens (tertiary/aromatic N) is 2. The van der Waals surface area contributed by atoms with Crippen LogP contribution in [0.25, 0.3) is 0 Å². The second-order valence-electron chi connectivity index (χ2n) is 3.53. The van der Waals surface area contributed by atoms with Crippen molar-refractivity contribution >= 4 is 5.69 Å². The van der Waals surface area contributed by atoms with Crippen LogP contribution in [0, 0.1) is 0 Å². The Labute approximate surface area is 78.7 Å². The fraction of sp³-hybridized carbons (Fsp3) is 0.667. The summed E-state index contributed by atoms with van der Waals surface area (Å²) in [7, 11) is 2.08. The first kappa shape index (κ1) is 10.1. The van der Waals surface area contributed by atoms with Gasteiger partial charge in [0.1, 0.15) is 0 Å². The zero-order valence-electron chi connectivity index (χ0n) is 8.45. The molecule has 0 fully saturated rings. The van der Waals surface area contributed by atoms with Gasteiger partial charge < -0.3 is 15.2 Å². The molecule has 1 aromatic heterocycles. The Morgan fingerprint density at radius 3 is 2.77 bits per heavy atom. The van der Waals surface area contributed by atoms with Crippen LogP contribution < -0.4 is 5.73 Å². The van der Waals surface area contributed by atoms with Crippen molar-refractivity contribution in [2.24, 2.45) is 0 Å². The van der Waals surface area contributed by atoms with Gasteiger partial charge in [0.2, 0.25) is 0 Å². The van der Waals surface area contributed by atoms with Crippen LogP contribution in [0.4, 0.5) is 5.69 Å². The van der Waals surface area contributed by atoms with Crippen LogP contribution in [0.3, 0.4) is 0 Å². The van der Waals surface area contributed by atoms with Crippen LogP contribution >= 0.6 is 0 Å². The summed E-state index contributed by atoms with van der Waals surface area (Å²) in [5.74, 6) is 0.785. The summed E-state index contributed by atoms with van der Waals surface area (Å²) in [5.41, 5.74) is 6.28. The van der Waals surface area contributed by atoms with Gasteiger partial charge in [-0.2, -0.15) is 0 Å². The lowest BCUT2D eigenvalue weighted by Crippen LogP contribution is -2.28. The zero-order valence-corrected chi connectivity index (χ0v) is 8.45. The van der Waals surface area contributed by atoms with Gasteiger partial charge in [-0.05, 0) is 20.9 Å². The number of hydrogen-bond donors (Lipinski definition) is 1. The first-order valence-corrected chi connectivity index (χ1v) is 4.50. The van der Waals surface area contributed by atoms with Gasteiger partial charge in [-0.15, -0.1) is 0 Å². The van der Waals surface area contributed by atoms with Gasteiger partial charge in [0.05, 0.1) is 11.9 Å². The molecule has 0 saturated carbocycles. The topological polar surface area (TPSA) is 55.3 Å². The molecule has 13 heavy (non-hydrogen) atoms. The molecule has 1 rings (SSSR count). The van der Waals surface area contributed by atoms with Crippen molar-refractivity contribution in [3.63, 3.8) is 0 Å². The Hall–Kier alpha value is -1.03. The van der Waals surface area contributed by atoms with Crippen LogP contribution in [-0.4, -0.2) is 29.7 Å². The molecule has 0 amide bonds. The summed E-state index contributed by atoms with van der Waals surface area (Å²) in [6, 6.07) is 0.546. The highest BCUT2D eigenvalue weighted by molar-refractivity contribution is 5.37. The highest BCUT2D eigenvalue weighted by Gasteiger charge is 2.07. The molecular formula is C9H17N3O. The molecule has 2 N–H and O–H groups in total. The van der Waals surface area contributed by atoms with Crippen LogP contribution in [0.1, 0.15) is 19.6 Å². The average Bonchev–Trinajstić information content (AvgIpc) is 2.47. The molecule has 0 unspecified atom stereocenters. The van der Waals surface area contributed by atoms with E-state index in [4.69, 9.17) is 10.3 Å². The Morgan fingerprint density at radius 1 is 1.62 bits per heavy atom. The SMILES string of the molecule is CC(C)N(C)CCc1oncc1N. The van der Waals surface area contributed by atoms with E-state index in [1.54, 1.807) is 6.20 Å². The molecule has 0 aliphatic heterocycles. The van der Waals surface area contributed by atoms with Crippen molar-refractivity contribution < 1.29 is 4.52 Å². The van der Waals surface area contributed by atoms with E-state index in [0.29, 0.717) is 11.7 Å². The zero-order chi connectivity index (χ0) is 9.84. The van der Waals surface area contributed by atoms with Gasteiger partial charge in [0.15, 0.2) is 5.76 Å². The smallest absolute Gasteiger partial charge is 0.160 e. The molecule has 0 aliphatic rings. The highest BCUT2D eigenvalue weighted by Crippen LogP contribution is 2.10. The van der Waals surface area contributed by atoms with E-state index in [0.717, 1.165) is 18.7 Å². The molecule has 1 aromatic rings. The fourth-order valence-corrected chi connectivity index (χ4v) is 0.998. The van der Waals surface area contributed by atoms with Crippen molar-refractivity contribution in [3.05, 3.63) is 12.0 Å². The third-order valence-electron chi connectivity index (χ3n) is 2.25. The van der Waals surface area contributed by atoms with E-state index in [1.165, 1.54) is 0 Å². The summed E-state index contributed by atoms with van der Waals surface area (Å²) < 4.78 is 4.99. The number of nitrogen functional groups attached to an aromatic ring is 1. The fourth-order valence-electron chi connectivity index (χ4n) is 0.998. The molecular weight excluding hydrogens is 166 g/mol. The average molecular weight is 183 g/mol. The standard InChI is InChI=1S/C9H17N3O/c1-7(2)12(3)5-4-9-8(10)6-11-13-9/h6-7H,4-5,10H2,1-3H3. The number of nitrogens with two attached hydrogens (primary N) is 1. The predicted octanol–water partition coefficient (Wildman–Crippen LogP) is 1.14. The van der Waals surface area contributed by atoms with Crippen molar-refractivity contribution in [1.82, 2.24) is 10.1 Å². The summed E-state index contributed by atoms with van der Waals surface area (Å²) >= 11 is 0. The van der Waals surface area contributed by atoms with Crippen molar-refractivity contribution in [1.29, 1.82) is 0 Å². The summed E-state index contributed by atoms with van der Waals surface area (Å²) in [6.45, 7) is 5.25. The Kier molecular flexibility index (Phi) is 3.31. The number of likely N-dealkylation sites (N-methyl/N-ethyl adjacent to an activating group) is 1. The van der Waals surface area contributed by atoms with Crippen molar-refractivity contribution in [2.45, 2.75) is 26.3 Å². The maximum atomic E-state index is 5.63. The highest BCUT2D eigenvalue weighted by atomic mass is 16.5. The van der Waals surface area contributed by atoms with Crippen molar-refractivity contribution in [3.8, 4) is 0 Å². The number of anilines is 1. The lowest BCUT2D eigenvalue weighted by Gasteiger charge is -2.19. The van der Waals surface area contributed by atoms with E-state index in [-0.39, 0.29) is 0 Å². The Balaban J connectivity index is 2.39. The second-order valence-corrected chi connectivity index (χ2v) is 3.53. The second kappa shape index (κ2) is 4.28. The monoisotopic (exact) mass is 183 g/mol. The maximum Gasteiger partial charge on any atom is 0.160 e. The normalized spacial score (nSPS) is 11.5. The van der Waals surface area contributed by atoms with Gasteiger partial charge in [0.25, 0.3) is 0 Å². The summed E-state index contributed by atoms with van der Waals surface area (Å²) in [6.07, 6.45) is 2.37. The molecule has 0 bridgehead atoms. The number of hydrogen-bond acceptors (Lipinski definition) is 4. The van der Waals surface area contributed by atoms with Gasteiger partial charge in [0, 0.05) is 19.0 Å². The molecule has 1 heterocycles. The molecule has 0 spiro atoms. The first-order chi connectivity index (χ1) is 6.11. The Morgan fingerprint density at radius 2 is 2.31 bits per heavy atom. The molecule has 0 aromatic carbocycles. The van der Waals surface area contributed by atoms with Crippen LogP contribution in [0.15, 0.2) is 10.7 Å². The Bertz CT molecular complexity index is 257. The van der Waals surface area contributed by atoms with Gasteiger partial charge in [-0.3, -0.25) is 0 Å². The lowest BCUT2D eigenvalue weighted by atomic mass is 10.2. The van der Waals surface area contributed by atoms with Crippen LogP contribution in [0.5, 0.6) is 0 Å². The number of rotatable bonds is 4. The number of aromatic nitrogens is 1. The third-order valence-corrected chi connectivity index (χ3v) is 2.25. The van der Waals surface area contributed by atoms with E-state index in [1.807, 2.05) is 0 Å². The third kappa shape index (κ3) is 2.73. The van der Waals surface area contributed by atoms with E-state index >= 15 is 0 Å². The van der Waals surface area contributed by atoms with Gasteiger partial charge in [-0.1, -0.05) is 5.16 Å². The largest absolute Gasteiger partial charge is 0.395 e. The molecule has 74 valence electrons. The maximum absolute atomic E-state index is 5.63.